The summed E-state index contributed by atoms with van der Waals surface area (Å²) in [5, 5.41) is 0. The van der Waals surface area contributed by atoms with Crippen molar-refractivity contribution in [3.8, 4) is 0 Å². The Balaban J connectivity index is 3.76. The predicted molar refractivity (Wildman–Crippen MR) is 60.9 cm³/mol. The van der Waals surface area contributed by atoms with Gasteiger partial charge >= 0.3 is 0 Å². The van der Waals surface area contributed by atoms with Crippen LogP contribution in [0.4, 0.5) is 0 Å². The van der Waals surface area contributed by atoms with Crippen molar-refractivity contribution in [2.24, 2.45) is 0 Å². The van der Waals surface area contributed by atoms with E-state index in [1.54, 1.807) is 0 Å². The maximum absolute atomic E-state index is 2.38. The van der Waals surface area contributed by atoms with Gasteiger partial charge in [0.25, 0.3) is 0 Å². The average molecular weight is 186 g/mol. The van der Waals surface area contributed by atoms with Crippen LogP contribution in [0.15, 0.2) is 0 Å². The Bertz CT molecular complexity index is 118. The monoisotopic (exact) mass is 186 g/mol. The Labute approximate surface area is 84.7 Å². The number of rotatable bonds is 7. The Morgan fingerprint density at radius 3 is 2.08 bits per heavy atom. The zero-order valence-corrected chi connectivity index (χ0v) is 10.3. The molecule has 0 aromatic heterocycles. The molecule has 0 rings (SSSR count). The van der Waals surface area contributed by atoms with Gasteiger partial charge in [-0.15, -0.1) is 0 Å². The zero-order valence-electron chi connectivity index (χ0n) is 10.3. The lowest BCUT2D eigenvalue weighted by molar-refractivity contribution is -0.913. The van der Waals surface area contributed by atoms with E-state index in [9.17, 15) is 0 Å². The quantitative estimate of drug-likeness (QED) is 0.422. The van der Waals surface area contributed by atoms with E-state index in [1.807, 2.05) is 0 Å². The minimum absolute atomic E-state index is 0.821. The highest BCUT2D eigenvalue weighted by atomic mass is 15.3. The molecule has 1 atom stereocenters. The summed E-state index contributed by atoms with van der Waals surface area (Å²) in [4.78, 5) is 0. The first-order valence-electron chi connectivity index (χ1n) is 5.87. The third-order valence-corrected chi connectivity index (χ3v) is 3.24. The van der Waals surface area contributed by atoms with Gasteiger partial charge in [0.2, 0.25) is 0 Å². The Morgan fingerprint density at radius 2 is 1.62 bits per heavy atom. The summed E-state index contributed by atoms with van der Waals surface area (Å²) in [7, 11) is 4.74. The van der Waals surface area contributed by atoms with E-state index < -0.39 is 0 Å². The van der Waals surface area contributed by atoms with Crippen molar-refractivity contribution in [2.75, 3.05) is 20.6 Å². The van der Waals surface area contributed by atoms with Crippen molar-refractivity contribution in [3.63, 3.8) is 0 Å². The molecule has 0 aliphatic rings. The molecule has 1 heteroatoms. The Kier molecular flexibility index (Phi) is 6.40. The lowest BCUT2D eigenvalue weighted by atomic mass is 10.1. The van der Waals surface area contributed by atoms with Crippen molar-refractivity contribution < 1.29 is 4.48 Å². The first-order chi connectivity index (χ1) is 6.04. The first-order valence-corrected chi connectivity index (χ1v) is 5.87. The molecule has 0 aromatic carbocycles. The predicted octanol–water partition coefficient (Wildman–Crippen LogP) is 3.44. The van der Waals surface area contributed by atoms with Crippen LogP contribution < -0.4 is 0 Å². The van der Waals surface area contributed by atoms with Crippen molar-refractivity contribution >= 4 is 0 Å². The maximum atomic E-state index is 2.38. The van der Waals surface area contributed by atoms with Gasteiger partial charge in [0.05, 0.1) is 26.7 Å². The Hall–Kier alpha value is -0.0400. The van der Waals surface area contributed by atoms with Crippen LogP contribution in [0, 0.1) is 0 Å². The van der Waals surface area contributed by atoms with E-state index in [-0.39, 0.29) is 0 Å². The lowest BCUT2D eigenvalue weighted by Gasteiger charge is -2.36. The highest BCUT2D eigenvalue weighted by Gasteiger charge is 2.21. The topological polar surface area (TPSA) is 0 Å². The van der Waals surface area contributed by atoms with Crippen LogP contribution in [0.25, 0.3) is 0 Å². The molecule has 1 unspecified atom stereocenters. The van der Waals surface area contributed by atoms with Crippen LogP contribution in [0.1, 0.15) is 52.9 Å². The maximum Gasteiger partial charge on any atom is 0.0857 e. The molecule has 1 nitrogen and oxygen atoms in total. The molecule has 0 amide bonds. The molecule has 0 saturated carbocycles. The third kappa shape index (κ3) is 5.30. The summed E-state index contributed by atoms with van der Waals surface area (Å²) < 4.78 is 1.20. The molecule has 0 saturated heterocycles. The van der Waals surface area contributed by atoms with Crippen molar-refractivity contribution in [2.45, 2.75) is 58.9 Å². The van der Waals surface area contributed by atoms with Crippen LogP contribution in [-0.4, -0.2) is 31.2 Å². The fourth-order valence-electron chi connectivity index (χ4n) is 1.76. The van der Waals surface area contributed by atoms with Crippen LogP contribution in [0.5, 0.6) is 0 Å². The number of unbranched alkanes of at least 4 members (excludes halogenated alkanes) is 2. The van der Waals surface area contributed by atoms with Crippen LogP contribution in [-0.2, 0) is 0 Å². The van der Waals surface area contributed by atoms with Crippen molar-refractivity contribution in [3.05, 3.63) is 0 Å². The minimum Gasteiger partial charge on any atom is -0.326 e. The van der Waals surface area contributed by atoms with Crippen LogP contribution in [0.2, 0.25) is 0 Å². The highest BCUT2D eigenvalue weighted by Crippen LogP contribution is 2.13. The van der Waals surface area contributed by atoms with Crippen LogP contribution in [0.3, 0.4) is 0 Å². The molecule has 0 aromatic rings. The second-order valence-electron chi connectivity index (χ2n) is 4.85. The molecular weight excluding hydrogens is 158 g/mol. The average Bonchev–Trinajstić information content (AvgIpc) is 2.05. The number of quaternary nitrogens is 1. The van der Waals surface area contributed by atoms with Gasteiger partial charge in [-0.05, 0) is 26.2 Å². The van der Waals surface area contributed by atoms with Crippen molar-refractivity contribution in [1.82, 2.24) is 0 Å². The van der Waals surface area contributed by atoms with E-state index in [2.05, 4.69) is 34.9 Å². The van der Waals surface area contributed by atoms with Gasteiger partial charge in [-0.1, -0.05) is 26.7 Å². The summed E-state index contributed by atoms with van der Waals surface area (Å²) in [6.07, 6.45) is 6.79. The molecule has 13 heavy (non-hydrogen) atoms. The molecule has 0 spiro atoms. The van der Waals surface area contributed by atoms with Gasteiger partial charge in [-0.25, -0.2) is 0 Å². The fraction of sp³-hybridized carbons (Fsp3) is 1.00. The highest BCUT2D eigenvalue weighted by molar-refractivity contribution is 4.50. The van der Waals surface area contributed by atoms with Crippen molar-refractivity contribution in [1.29, 1.82) is 0 Å². The summed E-state index contributed by atoms with van der Waals surface area (Å²) in [6, 6.07) is 0.821. The molecule has 80 valence electrons. The third-order valence-electron chi connectivity index (χ3n) is 3.24. The Morgan fingerprint density at radius 1 is 1.00 bits per heavy atom. The standard InChI is InChI=1S/C12H28N/c1-6-8-9-11-13(4,5)12(3)10-7-2/h12H,6-11H2,1-5H3/q+1. The smallest absolute Gasteiger partial charge is 0.0857 e. The van der Waals surface area contributed by atoms with Gasteiger partial charge in [0, 0.05) is 0 Å². The fourth-order valence-corrected chi connectivity index (χ4v) is 1.76. The van der Waals surface area contributed by atoms with Gasteiger partial charge in [-0.2, -0.15) is 0 Å². The van der Waals surface area contributed by atoms with E-state index in [4.69, 9.17) is 0 Å². The normalized spacial score (nSPS) is 14.5. The van der Waals surface area contributed by atoms with E-state index in [0.29, 0.717) is 0 Å². The summed E-state index contributed by atoms with van der Waals surface area (Å²) >= 11 is 0. The molecule has 0 aliphatic carbocycles. The molecule has 0 radical (unpaired) electrons. The van der Waals surface area contributed by atoms with E-state index in [0.717, 1.165) is 6.04 Å². The van der Waals surface area contributed by atoms with Gasteiger partial charge < -0.3 is 4.48 Å². The second kappa shape index (κ2) is 6.42. The second-order valence-corrected chi connectivity index (χ2v) is 4.85. The molecule has 0 aliphatic heterocycles. The number of nitrogens with zero attached hydrogens (tertiary/aromatic N) is 1. The number of hydrogen-bond acceptors (Lipinski definition) is 0. The largest absolute Gasteiger partial charge is 0.326 e. The van der Waals surface area contributed by atoms with E-state index in [1.165, 1.54) is 43.1 Å². The van der Waals surface area contributed by atoms with E-state index >= 15 is 0 Å². The van der Waals surface area contributed by atoms with Gasteiger partial charge in [0.15, 0.2) is 0 Å². The van der Waals surface area contributed by atoms with Gasteiger partial charge in [-0.3, -0.25) is 0 Å². The SMILES string of the molecule is CCCCC[N+](C)(C)C(C)CCC. The first kappa shape index (κ1) is 13.0. The molecule has 0 heterocycles. The lowest BCUT2D eigenvalue weighted by Crippen LogP contribution is -2.47. The zero-order chi connectivity index (χ0) is 10.3. The van der Waals surface area contributed by atoms with Gasteiger partial charge in [0.1, 0.15) is 0 Å². The molecule has 0 N–H and O–H groups in total. The summed E-state index contributed by atoms with van der Waals surface area (Å²) in [5.74, 6) is 0. The summed E-state index contributed by atoms with van der Waals surface area (Å²) in [6.45, 7) is 8.28. The molecule has 0 fully saturated rings. The van der Waals surface area contributed by atoms with Crippen LogP contribution >= 0.6 is 0 Å². The number of hydrogen-bond donors (Lipinski definition) is 0. The summed E-state index contributed by atoms with van der Waals surface area (Å²) in [5.41, 5.74) is 0. The minimum atomic E-state index is 0.821. The molecule has 0 bridgehead atoms. The molecular formula is C12H28N+.